The molecule has 0 aromatic carbocycles. The number of rotatable bonds is 5. The Morgan fingerprint density at radius 1 is 1.14 bits per heavy atom. The highest BCUT2D eigenvalue weighted by atomic mass is 16.6. The first kappa shape index (κ1) is 24.6. The topological polar surface area (TPSA) is 88.8 Å². The highest BCUT2D eigenvalue weighted by molar-refractivity contribution is 5.67. The molecule has 192 valence electrons. The lowest BCUT2D eigenvalue weighted by atomic mass is 9.45. The second kappa shape index (κ2) is 9.10. The van der Waals surface area contributed by atoms with Crippen LogP contribution in [0.4, 0.5) is 4.79 Å². The number of allylic oxidation sites excluding steroid dienone is 1. The normalized spacial score (nSPS) is 40.2. The first-order valence-electron chi connectivity index (χ1n) is 13.7. The largest absolute Gasteiger partial charge is 0.442 e. The van der Waals surface area contributed by atoms with E-state index in [0.29, 0.717) is 12.5 Å². The summed E-state index contributed by atoms with van der Waals surface area (Å²) >= 11 is 0. The van der Waals surface area contributed by atoms with Crippen molar-refractivity contribution in [3.05, 3.63) is 46.0 Å². The van der Waals surface area contributed by atoms with Gasteiger partial charge in [-0.2, -0.15) is 0 Å². The second-order valence-corrected chi connectivity index (χ2v) is 12.0. The molecule has 0 saturated heterocycles. The maximum absolute atomic E-state index is 12.3. The summed E-state index contributed by atoms with van der Waals surface area (Å²) in [5.41, 5.74) is 1.26. The molecule has 2 N–H and O–H groups in total. The van der Waals surface area contributed by atoms with E-state index in [2.05, 4.69) is 32.2 Å². The van der Waals surface area contributed by atoms with Crippen molar-refractivity contribution in [1.82, 2.24) is 5.32 Å². The average Bonchev–Trinajstić information content (AvgIpc) is 3.11. The van der Waals surface area contributed by atoms with Crippen LogP contribution in [0.25, 0.3) is 0 Å². The monoisotopic (exact) mass is 483 g/mol. The first-order valence-corrected chi connectivity index (χ1v) is 13.7. The number of alkyl carbamates (subject to hydrolysis) is 1. The van der Waals surface area contributed by atoms with Gasteiger partial charge in [-0.3, -0.25) is 0 Å². The van der Waals surface area contributed by atoms with Crippen molar-refractivity contribution in [2.45, 2.75) is 103 Å². The number of carbonyl (C=O) groups is 1. The fraction of sp³-hybridized carbons (Fsp3) is 0.724. The van der Waals surface area contributed by atoms with E-state index in [1.807, 2.05) is 6.07 Å². The number of unbranched alkanes of at least 4 members (excludes halogenated alkanes) is 1. The van der Waals surface area contributed by atoms with Gasteiger partial charge in [0.15, 0.2) is 0 Å². The number of fused-ring (bicyclic) bond motifs is 5. The number of hydrogen-bond donors (Lipinski definition) is 2. The predicted molar refractivity (Wildman–Crippen MR) is 134 cm³/mol. The molecular weight excluding hydrogens is 442 g/mol. The molecule has 3 saturated carbocycles. The third-order valence-corrected chi connectivity index (χ3v) is 10.4. The zero-order chi connectivity index (χ0) is 24.8. The maximum Gasteiger partial charge on any atom is 0.407 e. The summed E-state index contributed by atoms with van der Waals surface area (Å²) < 4.78 is 10.9. The van der Waals surface area contributed by atoms with Gasteiger partial charge in [0.1, 0.15) is 6.10 Å². The number of nitrogens with one attached hydrogen (secondary N) is 1. The Hall–Kier alpha value is -2.08. The van der Waals surface area contributed by atoms with Crippen LogP contribution in [-0.2, 0) is 4.74 Å². The van der Waals surface area contributed by atoms with E-state index in [9.17, 15) is 14.7 Å². The van der Waals surface area contributed by atoms with E-state index in [1.54, 1.807) is 6.26 Å². The summed E-state index contributed by atoms with van der Waals surface area (Å²) in [6.45, 7) is 7.42. The van der Waals surface area contributed by atoms with Crippen LogP contribution in [0, 0.1) is 22.7 Å². The fourth-order valence-corrected chi connectivity index (χ4v) is 8.41. The maximum atomic E-state index is 12.3. The van der Waals surface area contributed by atoms with E-state index in [0.717, 1.165) is 69.8 Å². The van der Waals surface area contributed by atoms with Gasteiger partial charge in [-0.15, -0.1) is 0 Å². The van der Waals surface area contributed by atoms with Crippen molar-refractivity contribution in [2.24, 2.45) is 22.7 Å². The molecule has 4 aliphatic carbocycles. The summed E-state index contributed by atoms with van der Waals surface area (Å²) in [5.74, 6) is 0.907. The molecule has 5 rings (SSSR count). The van der Waals surface area contributed by atoms with Crippen LogP contribution in [0.1, 0.15) is 96.5 Å². The summed E-state index contributed by atoms with van der Waals surface area (Å²) in [6, 6.07) is 3.40. The second-order valence-electron chi connectivity index (χ2n) is 12.0. The molecule has 35 heavy (non-hydrogen) atoms. The first-order chi connectivity index (χ1) is 16.7. The molecule has 0 aliphatic heterocycles. The smallest absolute Gasteiger partial charge is 0.407 e. The quantitative estimate of drug-likeness (QED) is 0.414. The van der Waals surface area contributed by atoms with Crippen molar-refractivity contribution < 1.29 is 19.1 Å². The minimum atomic E-state index is -0.711. The highest BCUT2D eigenvalue weighted by Crippen LogP contribution is 2.70. The van der Waals surface area contributed by atoms with Crippen LogP contribution in [0.15, 0.2) is 39.3 Å². The van der Waals surface area contributed by atoms with Gasteiger partial charge in [-0.1, -0.05) is 32.8 Å². The molecule has 4 aliphatic rings. The third kappa shape index (κ3) is 3.96. The zero-order valence-corrected chi connectivity index (χ0v) is 21.5. The van der Waals surface area contributed by atoms with Crippen LogP contribution in [0.5, 0.6) is 0 Å². The van der Waals surface area contributed by atoms with Crippen LogP contribution < -0.4 is 10.9 Å². The Morgan fingerprint density at radius 2 is 1.97 bits per heavy atom. The van der Waals surface area contributed by atoms with Gasteiger partial charge >= 0.3 is 11.7 Å². The summed E-state index contributed by atoms with van der Waals surface area (Å²) in [4.78, 5) is 23.7. The molecule has 1 amide bonds. The molecule has 1 heterocycles. The molecule has 3 fully saturated rings. The van der Waals surface area contributed by atoms with E-state index >= 15 is 0 Å². The van der Waals surface area contributed by atoms with Crippen molar-refractivity contribution in [3.63, 3.8) is 0 Å². The molecule has 1 aromatic heterocycles. The van der Waals surface area contributed by atoms with Gasteiger partial charge in [0, 0.05) is 18.0 Å². The molecule has 6 heteroatoms. The summed E-state index contributed by atoms with van der Waals surface area (Å²) in [5, 5.41) is 15.2. The Bertz CT molecular complexity index is 1030. The summed E-state index contributed by atoms with van der Waals surface area (Å²) in [7, 11) is 0. The van der Waals surface area contributed by atoms with Crippen molar-refractivity contribution >= 4 is 6.09 Å². The zero-order valence-electron chi connectivity index (χ0n) is 21.5. The van der Waals surface area contributed by atoms with Crippen LogP contribution in [-0.4, -0.2) is 29.4 Å². The minimum absolute atomic E-state index is 0.0517. The van der Waals surface area contributed by atoms with Crippen molar-refractivity contribution in [2.75, 3.05) is 6.54 Å². The van der Waals surface area contributed by atoms with E-state index in [1.165, 1.54) is 11.6 Å². The molecule has 6 nitrogen and oxygen atoms in total. The van der Waals surface area contributed by atoms with E-state index < -0.39 is 5.60 Å². The predicted octanol–water partition coefficient (Wildman–Crippen LogP) is 5.70. The van der Waals surface area contributed by atoms with Gasteiger partial charge in [0.2, 0.25) is 0 Å². The molecule has 3 unspecified atom stereocenters. The Kier molecular flexibility index (Phi) is 6.40. The number of hydrogen-bond acceptors (Lipinski definition) is 5. The number of amides is 1. The third-order valence-electron chi connectivity index (χ3n) is 10.4. The Balaban J connectivity index is 1.34. The lowest BCUT2D eigenvalue weighted by Crippen LogP contribution is -2.60. The van der Waals surface area contributed by atoms with Crippen LogP contribution >= 0.6 is 0 Å². The van der Waals surface area contributed by atoms with E-state index in [-0.39, 0.29) is 40.5 Å². The Morgan fingerprint density at radius 3 is 2.71 bits per heavy atom. The molecule has 1 aromatic rings. The number of carbonyl (C=O) groups excluding carboxylic acids is 1. The van der Waals surface area contributed by atoms with Crippen LogP contribution in [0.3, 0.4) is 0 Å². The van der Waals surface area contributed by atoms with Crippen molar-refractivity contribution in [1.29, 1.82) is 0 Å². The average molecular weight is 484 g/mol. The molecule has 0 bridgehead atoms. The lowest BCUT2D eigenvalue weighted by Gasteiger charge is -2.61. The van der Waals surface area contributed by atoms with E-state index in [4.69, 9.17) is 9.15 Å². The number of ether oxygens (including phenoxy) is 1. The lowest BCUT2D eigenvalue weighted by molar-refractivity contribution is -0.178. The minimum Gasteiger partial charge on any atom is -0.442 e. The summed E-state index contributed by atoms with van der Waals surface area (Å²) in [6.07, 6.45) is 12.9. The Labute approximate surface area is 208 Å². The van der Waals surface area contributed by atoms with Gasteiger partial charge in [0.05, 0.1) is 11.9 Å². The van der Waals surface area contributed by atoms with Gasteiger partial charge in [-0.05, 0) is 98.7 Å². The van der Waals surface area contributed by atoms with Crippen molar-refractivity contribution in [3.8, 4) is 0 Å². The number of aliphatic hydroxyl groups is 1. The molecule has 0 radical (unpaired) electrons. The standard InChI is InChI=1S/C29H41NO5/c1-4-5-16-30-26(32)35-21-10-13-27(2)20(17-21)7-8-24-23(27)11-14-28(3)22(12-15-29(24,28)33)19-6-9-25(31)34-18-19/h6,9,17-18,21-24,33H,4-5,7-8,10-16H2,1-3H3,(H,30,32)/t21?,22-,23?,24?,27+,28-,29+/m1/s1. The van der Waals surface area contributed by atoms with Crippen LogP contribution in [0.2, 0.25) is 0 Å². The van der Waals surface area contributed by atoms with Gasteiger partial charge < -0.3 is 19.6 Å². The molecule has 0 spiro atoms. The SMILES string of the molecule is CCCCNC(=O)OC1C=C2CCC3C(CC[C@]4(C)[C@@H](c5ccc(=O)oc5)CC[C@]34O)[C@@]2(C)CC1. The van der Waals surface area contributed by atoms with Gasteiger partial charge in [0.25, 0.3) is 0 Å². The highest BCUT2D eigenvalue weighted by Gasteiger charge is 2.66. The molecule has 7 atom stereocenters. The molecular formula is C29H41NO5. The fourth-order valence-electron chi connectivity index (χ4n) is 8.41. The van der Waals surface area contributed by atoms with Gasteiger partial charge in [-0.25, -0.2) is 9.59 Å².